The van der Waals surface area contributed by atoms with Crippen LogP contribution < -0.4 is 4.90 Å². The molecule has 1 aromatic heterocycles. The molecule has 0 fully saturated rings. The summed E-state index contributed by atoms with van der Waals surface area (Å²) in [6, 6.07) is 43.3. The van der Waals surface area contributed by atoms with Gasteiger partial charge in [-0.2, -0.15) is 5.26 Å². The Morgan fingerprint density at radius 2 is 1.11 bits per heavy atom. The zero-order valence-electron chi connectivity index (χ0n) is 19.1. The SMILES string of the molecule is N#CC(=Cc1ccc(N(c2ccccc2)c2ccccc2)cc1)c1ccc(-c2ccncc2)cc1. The molecule has 0 saturated carbocycles. The lowest BCUT2D eigenvalue weighted by Gasteiger charge is -2.25. The molecule has 0 spiro atoms. The van der Waals surface area contributed by atoms with E-state index in [1.54, 1.807) is 12.4 Å². The minimum absolute atomic E-state index is 0.627. The molecule has 5 aromatic rings. The molecular weight excluding hydrogens is 426 g/mol. The average Bonchev–Trinajstić information content (AvgIpc) is 2.94. The van der Waals surface area contributed by atoms with Crippen molar-refractivity contribution in [3.8, 4) is 17.2 Å². The number of hydrogen-bond acceptors (Lipinski definition) is 3. The number of nitriles is 1. The van der Waals surface area contributed by atoms with Crippen LogP contribution in [0.2, 0.25) is 0 Å². The molecule has 0 bridgehead atoms. The summed E-state index contributed by atoms with van der Waals surface area (Å²) >= 11 is 0. The molecule has 0 aliphatic carbocycles. The number of nitrogens with zero attached hydrogens (tertiary/aromatic N) is 3. The first-order valence-corrected chi connectivity index (χ1v) is 11.4. The van der Waals surface area contributed by atoms with Gasteiger partial charge in [0, 0.05) is 29.5 Å². The lowest BCUT2D eigenvalue weighted by Crippen LogP contribution is -2.09. The number of aromatic nitrogens is 1. The summed E-state index contributed by atoms with van der Waals surface area (Å²) in [7, 11) is 0. The van der Waals surface area contributed by atoms with E-state index < -0.39 is 0 Å². The maximum absolute atomic E-state index is 9.83. The number of benzene rings is 4. The minimum atomic E-state index is 0.627. The van der Waals surface area contributed by atoms with Gasteiger partial charge in [-0.1, -0.05) is 72.8 Å². The Morgan fingerprint density at radius 3 is 1.66 bits per heavy atom. The van der Waals surface area contributed by atoms with Crippen molar-refractivity contribution in [1.29, 1.82) is 5.26 Å². The van der Waals surface area contributed by atoms with Gasteiger partial charge in [-0.25, -0.2) is 0 Å². The third-order valence-corrected chi connectivity index (χ3v) is 5.82. The van der Waals surface area contributed by atoms with Crippen LogP contribution in [0.25, 0.3) is 22.8 Å². The third kappa shape index (κ3) is 5.03. The summed E-state index contributed by atoms with van der Waals surface area (Å²) in [5, 5.41) is 9.83. The molecule has 0 amide bonds. The number of rotatable bonds is 6. The molecule has 0 aliphatic rings. The molecule has 0 N–H and O–H groups in total. The molecule has 4 aromatic carbocycles. The van der Waals surface area contributed by atoms with Crippen LogP contribution >= 0.6 is 0 Å². The predicted octanol–water partition coefficient (Wildman–Crippen LogP) is 8.28. The molecule has 0 saturated heterocycles. The van der Waals surface area contributed by atoms with Gasteiger partial charge >= 0.3 is 0 Å². The number of pyridine rings is 1. The number of anilines is 3. The van der Waals surface area contributed by atoms with Crippen LogP contribution in [-0.2, 0) is 0 Å². The first-order chi connectivity index (χ1) is 17.3. The Morgan fingerprint density at radius 1 is 0.600 bits per heavy atom. The Bertz CT molecular complexity index is 1410. The van der Waals surface area contributed by atoms with Crippen LogP contribution in [0.4, 0.5) is 17.1 Å². The molecule has 35 heavy (non-hydrogen) atoms. The number of allylic oxidation sites excluding steroid dienone is 1. The van der Waals surface area contributed by atoms with E-state index in [9.17, 15) is 5.26 Å². The van der Waals surface area contributed by atoms with Crippen molar-refractivity contribution in [1.82, 2.24) is 4.98 Å². The Kier molecular flexibility index (Phi) is 6.46. The summed E-state index contributed by atoms with van der Waals surface area (Å²) in [6.45, 7) is 0. The summed E-state index contributed by atoms with van der Waals surface area (Å²) in [4.78, 5) is 6.29. The molecule has 1 heterocycles. The lowest BCUT2D eigenvalue weighted by atomic mass is 10.00. The van der Waals surface area contributed by atoms with Crippen LogP contribution in [0.1, 0.15) is 11.1 Å². The fourth-order valence-electron chi connectivity index (χ4n) is 4.05. The Labute approximate surface area is 205 Å². The normalized spacial score (nSPS) is 11.0. The molecule has 0 aliphatic heterocycles. The van der Waals surface area contributed by atoms with E-state index in [1.807, 2.05) is 78.9 Å². The monoisotopic (exact) mass is 449 g/mol. The van der Waals surface area contributed by atoms with E-state index in [1.165, 1.54) is 0 Å². The zero-order chi connectivity index (χ0) is 23.9. The highest BCUT2D eigenvalue weighted by atomic mass is 15.1. The summed E-state index contributed by atoms with van der Waals surface area (Å²) in [6.07, 6.45) is 5.50. The van der Waals surface area contributed by atoms with Gasteiger partial charge in [0.15, 0.2) is 0 Å². The Balaban J connectivity index is 1.43. The molecule has 166 valence electrons. The van der Waals surface area contributed by atoms with E-state index in [4.69, 9.17) is 0 Å². The van der Waals surface area contributed by atoms with E-state index in [0.29, 0.717) is 5.57 Å². The van der Waals surface area contributed by atoms with Crippen LogP contribution in [0.5, 0.6) is 0 Å². The van der Waals surface area contributed by atoms with Gasteiger partial charge < -0.3 is 4.90 Å². The van der Waals surface area contributed by atoms with Crippen LogP contribution in [0.15, 0.2) is 134 Å². The van der Waals surface area contributed by atoms with Gasteiger partial charge in [-0.05, 0) is 76.9 Å². The van der Waals surface area contributed by atoms with Gasteiger partial charge in [0.2, 0.25) is 0 Å². The van der Waals surface area contributed by atoms with Gasteiger partial charge in [0.05, 0.1) is 11.6 Å². The number of hydrogen-bond donors (Lipinski definition) is 0. The largest absolute Gasteiger partial charge is 0.311 e. The lowest BCUT2D eigenvalue weighted by molar-refractivity contribution is 1.28. The minimum Gasteiger partial charge on any atom is -0.311 e. The average molecular weight is 450 g/mol. The predicted molar refractivity (Wildman–Crippen MR) is 144 cm³/mol. The first-order valence-electron chi connectivity index (χ1n) is 11.4. The van der Waals surface area contributed by atoms with Crippen LogP contribution in [0.3, 0.4) is 0 Å². The van der Waals surface area contributed by atoms with E-state index in [-0.39, 0.29) is 0 Å². The van der Waals surface area contributed by atoms with Gasteiger partial charge in [0.1, 0.15) is 0 Å². The van der Waals surface area contributed by atoms with Crippen molar-refractivity contribution in [3.63, 3.8) is 0 Å². The van der Waals surface area contributed by atoms with Gasteiger partial charge in [-0.3, -0.25) is 4.98 Å². The summed E-state index contributed by atoms with van der Waals surface area (Å²) in [5.41, 5.74) is 7.93. The van der Waals surface area contributed by atoms with E-state index >= 15 is 0 Å². The second kappa shape index (κ2) is 10.3. The molecule has 3 heteroatoms. The van der Waals surface area contributed by atoms with Crippen molar-refractivity contribution < 1.29 is 0 Å². The van der Waals surface area contributed by atoms with E-state index in [2.05, 4.69) is 64.5 Å². The fraction of sp³-hybridized carbons (Fsp3) is 0. The topological polar surface area (TPSA) is 39.9 Å². The molecule has 3 nitrogen and oxygen atoms in total. The van der Waals surface area contributed by atoms with Gasteiger partial charge in [-0.15, -0.1) is 0 Å². The highest BCUT2D eigenvalue weighted by Gasteiger charge is 2.11. The maximum Gasteiger partial charge on any atom is 0.0998 e. The molecule has 0 radical (unpaired) electrons. The second-order valence-electron chi connectivity index (χ2n) is 8.08. The standard InChI is InChI=1S/C32H23N3/c33-24-29(27-15-13-26(14-16-27)28-19-21-34-22-20-28)23-25-11-17-32(18-12-25)35(30-7-3-1-4-8-30)31-9-5-2-6-10-31/h1-23H. The maximum atomic E-state index is 9.83. The second-order valence-corrected chi connectivity index (χ2v) is 8.08. The van der Waals surface area contributed by atoms with E-state index in [0.717, 1.165) is 39.3 Å². The number of para-hydroxylation sites is 2. The first kappa shape index (κ1) is 21.9. The van der Waals surface area contributed by atoms with Crippen molar-refractivity contribution in [2.45, 2.75) is 0 Å². The smallest absolute Gasteiger partial charge is 0.0998 e. The third-order valence-electron chi connectivity index (χ3n) is 5.82. The van der Waals surface area contributed by atoms with Crippen LogP contribution in [-0.4, -0.2) is 4.98 Å². The Hall–Kier alpha value is -4.94. The van der Waals surface area contributed by atoms with Crippen molar-refractivity contribution in [2.75, 3.05) is 4.90 Å². The van der Waals surface area contributed by atoms with Crippen molar-refractivity contribution in [3.05, 3.63) is 145 Å². The molecular formula is C32H23N3. The highest BCUT2D eigenvalue weighted by molar-refractivity contribution is 5.90. The molecule has 0 unspecified atom stereocenters. The zero-order valence-corrected chi connectivity index (χ0v) is 19.1. The van der Waals surface area contributed by atoms with Crippen LogP contribution in [0, 0.1) is 11.3 Å². The summed E-state index contributed by atoms with van der Waals surface area (Å²) in [5.74, 6) is 0. The van der Waals surface area contributed by atoms with Crippen molar-refractivity contribution >= 4 is 28.7 Å². The van der Waals surface area contributed by atoms with Gasteiger partial charge in [0.25, 0.3) is 0 Å². The molecule has 5 rings (SSSR count). The summed E-state index contributed by atoms with van der Waals surface area (Å²) < 4.78 is 0. The quantitative estimate of drug-likeness (QED) is 0.193. The fourth-order valence-corrected chi connectivity index (χ4v) is 4.05. The van der Waals surface area contributed by atoms with Crippen molar-refractivity contribution in [2.24, 2.45) is 0 Å². The highest BCUT2D eigenvalue weighted by Crippen LogP contribution is 2.34. The molecule has 0 atom stereocenters.